The van der Waals surface area contributed by atoms with Crippen LogP contribution in [0.1, 0.15) is 25.8 Å². The topological polar surface area (TPSA) is 69.4 Å². The first kappa shape index (κ1) is 13.9. The molecule has 0 N–H and O–H groups in total. The summed E-state index contributed by atoms with van der Waals surface area (Å²) in [6.45, 7) is 3.93. The lowest BCUT2D eigenvalue weighted by Gasteiger charge is -2.04. The van der Waals surface area contributed by atoms with Crippen molar-refractivity contribution in [3.63, 3.8) is 0 Å². The van der Waals surface area contributed by atoms with Gasteiger partial charge in [-0.05, 0) is 37.1 Å². The molecule has 0 atom stereocenters. The molecule has 96 valence electrons. The van der Waals surface area contributed by atoms with Gasteiger partial charge in [0.15, 0.2) is 0 Å². The number of nitro groups is 1. The summed E-state index contributed by atoms with van der Waals surface area (Å²) in [5.41, 5.74) is 1.32. The molecule has 0 saturated carbocycles. The number of hydrogen-bond donors (Lipinski definition) is 0. The van der Waals surface area contributed by atoms with Gasteiger partial charge in [-0.1, -0.05) is 6.92 Å². The average molecular weight is 249 g/mol. The summed E-state index contributed by atoms with van der Waals surface area (Å²) in [5.74, 6) is -0.349. The van der Waals surface area contributed by atoms with E-state index in [0.717, 1.165) is 5.56 Å². The van der Waals surface area contributed by atoms with Gasteiger partial charge in [-0.3, -0.25) is 10.1 Å². The fourth-order valence-electron chi connectivity index (χ4n) is 1.42. The molecule has 0 spiro atoms. The van der Waals surface area contributed by atoms with Crippen LogP contribution in [0.4, 0.5) is 5.69 Å². The number of nitrogens with zero attached hydrogens (tertiary/aromatic N) is 1. The maximum absolute atomic E-state index is 11.6. The molecule has 0 radical (unpaired) electrons. The molecule has 0 aromatic heterocycles. The minimum Gasteiger partial charge on any atom is -0.463 e. The molecule has 1 rings (SSSR count). The van der Waals surface area contributed by atoms with Gasteiger partial charge in [-0.2, -0.15) is 0 Å². The summed E-state index contributed by atoms with van der Waals surface area (Å²) in [5, 5.41) is 10.5. The van der Waals surface area contributed by atoms with Crippen LogP contribution >= 0.6 is 0 Å². The SMILES string of the molecule is CCOC(=O)/C(=C/c1ccc([N+](=O)[O-])cc1)CC. The van der Waals surface area contributed by atoms with Crippen LogP contribution in [0.2, 0.25) is 0 Å². The van der Waals surface area contributed by atoms with Crippen molar-refractivity contribution in [3.8, 4) is 0 Å². The molecule has 0 fully saturated rings. The Kier molecular flexibility index (Phi) is 5.05. The lowest BCUT2D eigenvalue weighted by atomic mass is 10.1. The first-order valence-electron chi connectivity index (χ1n) is 5.70. The largest absolute Gasteiger partial charge is 0.463 e. The van der Waals surface area contributed by atoms with Crippen LogP contribution in [0.3, 0.4) is 0 Å². The minimum atomic E-state index is -0.459. The highest BCUT2D eigenvalue weighted by molar-refractivity contribution is 5.93. The molecule has 0 unspecified atom stereocenters. The third-order valence-corrected chi connectivity index (χ3v) is 2.36. The van der Waals surface area contributed by atoms with Crippen molar-refractivity contribution in [2.45, 2.75) is 20.3 Å². The average Bonchev–Trinajstić information content (AvgIpc) is 2.36. The van der Waals surface area contributed by atoms with E-state index in [0.29, 0.717) is 18.6 Å². The van der Waals surface area contributed by atoms with E-state index in [1.807, 2.05) is 6.92 Å². The molecular weight excluding hydrogens is 234 g/mol. The van der Waals surface area contributed by atoms with E-state index in [1.165, 1.54) is 12.1 Å². The summed E-state index contributed by atoms with van der Waals surface area (Å²) in [7, 11) is 0. The molecule has 0 aliphatic carbocycles. The second-order valence-corrected chi connectivity index (χ2v) is 3.59. The number of ether oxygens (including phenoxy) is 1. The Balaban J connectivity index is 2.92. The van der Waals surface area contributed by atoms with E-state index in [2.05, 4.69) is 0 Å². The van der Waals surface area contributed by atoms with Crippen molar-refractivity contribution in [2.75, 3.05) is 6.61 Å². The maximum atomic E-state index is 11.6. The van der Waals surface area contributed by atoms with Crippen LogP contribution in [-0.2, 0) is 9.53 Å². The summed E-state index contributed by atoms with van der Waals surface area (Å²) >= 11 is 0. The number of nitro benzene ring substituents is 1. The molecule has 1 aromatic carbocycles. The summed E-state index contributed by atoms with van der Waals surface area (Å²) in [6.07, 6.45) is 2.23. The number of carbonyl (C=O) groups excluding carboxylic acids is 1. The van der Waals surface area contributed by atoms with Crippen LogP contribution in [-0.4, -0.2) is 17.5 Å². The van der Waals surface area contributed by atoms with Crippen LogP contribution in [0.25, 0.3) is 6.08 Å². The van der Waals surface area contributed by atoms with Gasteiger partial charge in [-0.15, -0.1) is 0 Å². The molecule has 1 aromatic rings. The number of non-ortho nitro benzene ring substituents is 1. The number of esters is 1. The zero-order valence-corrected chi connectivity index (χ0v) is 10.4. The summed E-state index contributed by atoms with van der Waals surface area (Å²) < 4.78 is 4.91. The van der Waals surface area contributed by atoms with Crippen LogP contribution in [0, 0.1) is 10.1 Å². The van der Waals surface area contributed by atoms with Crippen molar-refractivity contribution in [1.82, 2.24) is 0 Å². The van der Waals surface area contributed by atoms with E-state index in [4.69, 9.17) is 4.74 Å². The van der Waals surface area contributed by atoms with Gasteiger partial charge in [0, 0.05) is 17.7 Å². The highest BCUT2D eigenvalue weighted by Gasteiger charge is 2.09. The van der Waals surface area contributed by atoms with E-state index in [-0.39, 0.29) is 11.7 Å². The maximum Gasteiger partial charge on any atom is 0.333 e. The Labute approximate surface area is 105 Å². The van der Waals surface area contributed by atoms with Crippen molar-refractivity contribution < 1.29 is 14.5 Å². The van der Waals surface area contributed by atoms with Gasteiger partial charge in [0.25, 0.3) is 5.69 Å². The van der Waals surface area contributed by atoms with Gasteiger partial charge >= 0.3 is 5.97 Å². The molecule has 5 heteroatoms. The highest BCUT2D eigenvalue weighted by Crippen LogP contribution is 2.16. The molecule has 5 nitrogen and oxygen atoms in total. The standard InChI is InChI=1S/C13H15NO4/c1-3-11(13(15)18-4-2)9-10-5-7-12(8-6-10)14(16)17/h5-9H,3-4H2,1-2H3/b11-9+. The van der Waals surface area contributed by atoms with E-state index in [9.17, 15) is 14.9 Å². The fraction of sp³-hybridized carbons (Fsp3) is 0.308. The van der Waals surface area contributed by atoms with Gasteiger partial charge in [0.05, 0.1) is 11.5 Å². The number of benzene rings is 1. The third kappa shape index (κ3) is 3.69. The van der Waals surface area contributed by atoms with Crippen molar-refractivity contribution in [3.05, 3.63) is 45.5 Å². The molecule has 0 aliphatic heterocycles. The zero-order chi connectivity index (χ0) is 13.5. The predicted molar refractivity (Wildman–Crippen MR) is 68.0 cm³/mol. The Morgan fingerprint density at radius 3 is 2.39 bits per heavy atom. The molecular formula is C13H15NO4. The predicted octanol–water partition coefficient (Wildman–Crippen LogP) is 2.95. The number of hydrogen-bond acceptors (Lipinski definition) is 4. The van der Waals surface area contributed by atoms with Gasteiger partial charge in [-0.25, -0.2) is 4.79 Å². The monoisotopic (exact) mass is 249 g/mol. The van der Waals surface area contributed by atoms with Crippen molar-refractivity contribution >= 4 is 17.7 Å². The second kappa shape index (κ2) is 6.54. The van der Waals surface area contributed by atoms with Crippen LogP contribution in [0.5, 0.6) is 0 Å². The molecule has 0 amide bonds. The lowest BCUT2D eigenvalue weighted by Crippen LogP contribution is -2.06. The van der Waals surface area contributed by atoms with Crippen LogP contribution in [0.15, 0.2) is 29.8 Å². The highest BCUT2D eigenvalue weighted by atomic mass is 16.6. The Morgan fingerprint density at radius 1 is 1.33 bits per heavy atom. The second-order valence-electron chi connectivity index (χ2n) is 3.59. The van der Waals surface area contributed by atoms with E-state index in [1.54, 1.807) is 25.1 Å². The zero-order valence-electron chi connectivity index (χ0n) is 10.4. The normalized spacial score (nSPS) is 11.1. The first-order chi connectivity index (χ1) is 8.58. The van der Waals surface area contributed by atoms with Crippen molar-refractivity contribution in [1.29, 1.82) is 0 Å². The Bertz CT molecular complexity index is 462. The van der Waals surface area contributed by atoms with Crippen molar-refractivity contribution in [2.24, 2.45) is 0 Å². The molecule has 0 bridgehead atoms. The van der Waals surface area contributed by atoms with Gasteiger partial charge in [0.2, 0.25) is 0 Å². The molecule has 0 heterocycles. The molecule has 18 heavy (non-hydrogen) atoms. The smallest absolute Gasteiger partial charge is 0.333 e. The lowest BCUT2D eigenvalue weighted by molar-refractivity contribution is -0.384. The number of rotatable bonds is 5. The fourth-order valence-corrected chi connectivity index (χ4v) is 1.42. The quantitative estimate of drug-likeness (QED) is 0.348. The van der Waals surface area contributed by atoms with Gasteiger partial charge in [0.1, 0.15) is 0 Å². The van der Waals surface area contributed by atoms with Crippen LogP contribution < -0.4 is 0 Å². The third-order valence-electron chi connectivity index (χ3n) is 2.36. The summed E-state index contributed by atoms with van der Waals surface area (Å²) in [4.78, 5) is 21.6. The minimum absolute atomic E-state index is 0.0290. The summed E-state index contributed by atoms with van der Waals surface area (Å²) in [6, 6.07) is 6.02. The Morgan fingerprint density at radius 2 is 1.94 bits per heavy atom. The number of carbonyl (C=O) groups is 1. The van der Waals surface area contributed by atoms with E-state index < -0.39 is 4.92 Å². The molecule has 0 saturated heterocycles. The Hall–Kier alpha value is -2.17. The molecule has 0 aliphatic rings. The van der Waals surface area contributed by atoms with Gasteiger partial charge < -0.3 is 4.74 Å². The first-order valence-corrected chi connectivity index (χ1v) is 5.70. The van der Waals surface area contributed by atoms with E-state index >= 15 is 0 Å².